The van der Waals surface area contributed by atoms with Gasteiger partial charge in [0.15, 0.2) is 0 Å². The molecule has 1 fully saturated rings. The Morgan fingerprint density at radius 3 is 2.80 bits per heavy atom. The molecule has 0 aromatic carbocycles. The summed E-state index contributed by atoms with van der Waals surface area (Å²) in [5.74, 6) is 0.276. The Labute approximate surface area is 128 Å². The first-order valence-corrected chi connectivity index (χ1v) is 7.96. The molecule has 1 atom stereocenters. The Balaban J connectivity index is 1.98. The number of amides is 1. The predicted molar refractivity (Wildman–Crippen MR) is 82.8 cm³/mol. The van der Waals surface area contributed by atoms with Crippen molar-refractivity contribution in [1.29, 1.82) is 0 Å². The number of aliphatic hydroxyl groups is 1. The molecule has 112 valence electrons. The summed E-state index contributed by atoms with van der Waals surface area (Å²) >= 11 is 3.42. The van der Waals surface area contributed by atoms with Crippen LogP contribution >= 0.6 is 15.9 Å². The Hall–Kier alpha value is -0.810. The van der Waals surface area contributed by atoms with Gasteiger partial charge in [-0.2, -0.15) is 0 Å². The van der Waals surface area contributed by atoms with Crippen molar-refractivity contribution in [2.45, 2.75) is 51.7 Å². The van der Waals surface area contributed by atoms with E-state index < -0.39 is 5.60 Å². The fourth-order valence-corrected chi connectivity index (χ4v) is 3.03. The number of nitrogens with zero attached hydrogens (tertiary/aromatic N) is 1. The van der Waals surface area contributed by atoms with Gasteiger partial charge in [0.05, 0.1) is 5.60 Å². The number of nitrogens with one attached hydrogen (secondary N) is 1. The standard InChI is InChI=1S/C15H23BrN2O2/c1-10(2)7-15(3,20)9-17-14(19)13-6-11(16)8-18(13)12-4-5-12/h6,8,10,12,20H,4-5,7,9H2,1-3H3,(H,17,19). The SMILES string of the molecule is CC(C)CC(C)(O)CNC(=O)c1cc(Br)cn1C1CC1. The number of carbonyl (C=O) groups is 1. The molecule has 0 spiro atoms. The zero-order chi connectivity index (χ0) is 14.9. The highest BCUT2D eigenvalue weighted by Crippen LogP contribution is 2.37. The van der Waals surface area contributed by atoms with Gasteiger partial charge < -0.3 is 15.0 Å². The van der Waals surface area contributed by atoms with E-state index in [0.717, 1.165) is 17.3 Å². The molecule has 0 bridgehead atoms. The zero-order valence-corrected chi connectivity index (χ0v) is 13.9. The maximum atomic E-state index is 12.3. The van der Waals surface area contributed by atoms with Crippen LogP contribution in [0.1, 0.15) is 56.6 Å². The van der Waals surface area contributed by atoms with E-state index in [1.165, 1.54) is 0 Å². The van der Waals surface area contributed by atoms with Crippen LogP contribution in [0.2, 0.25) is 0 Å². The molecular formula is C15H23BrN2O2. The van der Waals surface area contributed by atoms with Gasteiger partial charge >= 0.3 is 0 Å². The molecule has 1 unspecified atom stereocenters. The van der Waals surface area contributed by atoms with Crippen LogP contribution in [0.25, 0.3) is 0 Å². The van der Waals surface area contributed by atoms with Gasteiger partial charge in [-0.3, -0.25) is 4.79 Å². The van der Waals surface area contributed by atoms with Crippen LogP contribution in [0.3, 0.4) is 0 Å². The fourth-order valence-electron chi connectivity index (χ4n) is 2.60. The van der Waals surface area contributed by atoms with Crippen molar-refractivity contribution >= 4 is 21.8 Å². The van der Waals surface area contributed by atoms with E-state index in [1.54, 1.807) is 6.92 Å². The molecule has 1 aliphatic rings. The van der Waals surface area contributed by atoms with Gasteiger partial charge in [0.2, 0.25) is 0 Å². The first-order chi connectivity index (χ1) is 9.28. The Morgan fingerprint density at radius 2 is 2.25 bits per heavy atom. The van der Waals surface area contributed by atoms with Crippen LogP contribution in [0.15, 0.2) is 16.7 Å². The summed E-state index contributed by atoms with van der Waals surface area (Å²) in [6.45, 7) is 6.16. The van der Waals surface area contributed by atoms with Crippen molar-refractivity contribution in [2.24, 2.45) is 5.92 Å². The normalized spacial score (nSPS) is 18.1. The molecule has 1 amide bonds. The smallest absolute Gasteiger partial charge is 0.268 e. The highest BCUT2D eigenvalue weighted by molar-refractivity contribution is 9.10. The van der Waals surface area contributed by atoms with E-state index in [0.29, 0.717) is 24.1 Å². The third kappa shape index (κ3) is 4.09. The number of halogens is 1. The van der Waals surface area contributed by atoms with E-state index >= 15 is 0 Å². The van der Waals surface area contributed by atoms with Crippen molar-refractivity contribution in [1.82, 2.24) is 9.88 Å². The molecular weight excluding hydrogens is 320 g/mol. The molecule has 1 aromatic rings. The van der Waals surface area contributed by atoms with Crippen LogP contribution in [0.5, 0.6) is 0 Å². The van der Waals surface area contributed by atoms with Crippen molar-refractivity contribution in [3.63, 3.8) is 0 Å². The van der Waals surface area contributed by atoms with Gasteiger partial charge in [-0.05, 0) is 54.1 Å². The van der Waals surface area contributed by atoms with Crippen molar-refractivity contribution < 1.29 is 9.90 Å². The lowest BCUT2D eigenvalue weighted by molar-refractivity contribution is 0.0367. The zero-order valence-electron chi connectivity index (χ0n) is 12.3. The molecule has 0 aliphatic heterocycles. The van der Waals surface area contributed by atoms with Crippen LogP contribution in [-0.4, -0.2) is 27.7 Å². The lowest BCUT2D eigenvalue weighted by atomic mass is 9.94. The first kappa shape index (κ1) is 15.6. The maximum absolute atomic E-state index is 12.3. The number of carbonyl (C=O) groups excluding carboxylic acids is 1. The number of hydrogen-bond acceptors (Lipinski definition) is 2. The third-order valence-electron chi connectivity index (χ3n) is 3.47. The van der Waals surface area contributed by atoms with Gasteiger partial charge in [0.1, 0.15) is 5.69 Å². The van der Waals surface area contributed by atoms with Gasteiger partial charge in [-0.15, -0.1) is 0 Å². The molecule has 1 aromatic heterocycles. The van der Waals surface area contributed by atoms with Crippen molar-refractivity contribution in [3.8, 4) is 0 Å². The summed E-state index contributed by atoms with van der Waals surface area (Å²) < 4.78 is 2.94. The topological polar surface area (TPSA) is 54.3 Å². The Morgan fingerprint density at radius 1 is 1.60 bits per heavy atom. The summed E-state index contributed by atoms with van der Waals surface area (Å²) in [6.07, 6.45) is 4.89. The minimum Gasteiger partial charge on any atom is -0.388 e. The minimum absolute atomic E-state index is 0.119. The first-order valence-electron chi connectivity index (χ1n) is 7.16. The van der Waals surface area contributed by atoms with E-state index in [-0.39, 0.29) is 12.5 Å². The van der Waals surface area contributed by atoms with Crippen molar-refractivity contribution in [2.75, 3.05) is 6.54 Å². The van der Waals surface area contributed by atoms with Gasteiger partial charge in [-0.1, -0.05) is 13.8 Å². The highest BCUT2D eigenvalue weighted by Gasteiger charge is 2.29. The number of hydrogen-bond donors (Lipinski definition) is 2. The summed E-state index contributed by atoms with van der Waals surface area (Å²) in [4.78, 5) is 12.3. The minimum atomic E-state index is -0.863. The molecule has 2 rings (SSSR count). The molecule has 4 nitrogen and oxygen atoms in total. The molecule has 1 aliphatic carbocycles. The maximum Gasteiger partial charge on any atom is 0.268 e. The number of rotatable bonds is 6. The summed E-state index contributed by atoms with van der Waals surface area (Å²) in [7, 11) is 0. The average Bonchev–Trinajstić information content (AvgIpc) is 3.08. The van der Waals surface area contributed by atoms with Crippen LogP contribution in [-0.2, 0) is 0 Å². The molecule has 20 heavy (non-hydrogen) atoms. The highest BCUT2D eigenvalue weighted by atomic mass is 79.9. The Bertz CT molecular complexity index is 490. The predicted octanol–water partition coefficient (Wildman–Crippen LogP) is 3.11. The van der Waals surface area contributed by atoms with Crippen LogP contribution < -0.4 is 5.32 Å². The second-order valence-corrected chi connectivity index (χ2v) is 7.38. The molecule has 0 saturated heterocycles. The van der Waals surface area contributed by atoms with Gasteiger partial charge in [-0.25, -0.2) is 0 Å². The molecule has 2 N–H and O–H groups in total. The lowest BCUT2D eigenvalue weighted by Gasteiger charge is -2.25. The van der Waals surface area contributed by atoms with Crippen molar-refractivity contribution in [3.05, 3.63) is 22.4 Å². The summed E-state index contributed by atoms with van der Waals surface area (Å²) in [5, 5.41) is 13.1. The fraction of sp³-hybridized carbons (Fsp3) is 0.667. The summed E-state index contributed by atoms with van der Waals surface area (Å²) in [5.41, 5.74) is -0.197. The average molecular weight is 343 g/mol. The molecule has 1 heterocycles. The van der Waals surface area contributed by atoms with E-state index in [2.05, 4.69) is 35.1 Å². The summed E-state index contributed by atoms with van der Waals surface area (Å²) in [6, 6.07) is 2.29. The Kier molecular flexibility index (Phi) is 4.59. The second kappa shape index (κ2) is 5.90. The van der Waals surface area contributed by atoms with Crippen LogP contribution in [0.4, 0.5) is 0 Å². The van der Waals surface area contributed by atoms with Gasteiger partial charge in [0, 0.05) is 23.3 Å². The van der Waals surface area contributed by atoms with E-state index in [4.69, 9.17) is 0 Å². The van der Waals surface area contributed by atoms with Gasteiger partial charge in [0.25, 0.3) is 5.91 Å². The quantitative estimate of drug-likeness (QED) is 0.834. The lowest BCUT2D eigenvalue weighted by Crippen LogP contribution is -2.41. The largest absolute Gasteiger partial charge is 0.388 e. The molecule has 1 saturated carbocycles. The number of aromatic nitrogens is 1. The monoisotopic (exact) mass is 342 g/mol. The van der Waals surface area contributed by atoms with E-state index in [9.17, 15) is 9.90 Å². The third-order valence-corrected chi connectivity index (χ3v) is 3.90. The van der Waals surface area contributed by atoms with Crippen LogP contribution in [0, 0.1) is 5.92 Å². The van der Waals surface area contributed by atoms with E-state index in [1.807, 2.05) is 16.8 Å². The second-order valence-electron chi connectivity index (χ2n) is 6.46. The molecule has 0 radical (unpaired) electrons. The molecule has 5 heteroatoms.